The van der Waals surface area contributed by atoms with Crippen LogP contribution < -0.4 is 24.8 Å². The number of allylic oxidation sites excluding steroid dienone is 1. The Kier molecular flexibility index (Phi) is 10.7. The molecule has 7 atom stereocenters. The van der Waals surface area contributed by atoms with Crippen LogP contribution in [0.25, 0.3) is 0 Å². The molecule has 5 aliphatic rings. The van der Waals surface area contributed by atoms with Crippen molar-refractivity contribution in [2.24, 2.45) is 17.8 Å². The lowest BCUT2D eigenvalue weighted by molar-refractivity contribution is -0.142. The predicted molar refractivity (Wildman–Crippen MR) is 195 cm³/mol. The molecule has 2 saturated carbocycles. The highest BCUT2D eigenvalue weighted by Crippen LogP contribution is 2.47. The summed E-state index contributed by atoms with van der Waals surface area (Å²) < 4.78 is 50.0. The van der Waals surface area contributed by atoms with Gasteiger partial charge in [0, 0.05) is 12.3 Å². The average molecular weight is 773 g/mol. The van der Waals surface area contributed by atoms with Crippen molar-refractivity contribution in [1.82, 2.24) is 20.3 Å². The van der Waals surface area contributed by atoms with Crippen molar-refractivity contribution in [2.75, 3.05) is 19.8 Å². The molecule has 0 aromatic heterocycles. The van der Waals surface area contributed by atoms with Gasteiger partial charge in [0.1, 0.15) is 42.5 Å². The van der Waals surface area contributed by atoms with Crippen molar-refractivity contribution in [3.05, 3.63) is 35.9 Å². The van der Waals surface area contributed by atoms with Gasteiger partial charge in [-0.15, -0.1) is 0 Å². The van der Waals surface area contributed by atoms with Gasteiger partial charge in [-0.25, -0.2) is 18.0 Å². The van der Waals surface area contributed by atoms with Crippen LogP contribution >= 0.6 is 0 Å². The molecule has 3 heterocycles. The second kappa shape index (κ2) is 14.7. The number of rotatable bonds is 6. The number of benzene rings is 1. The average Bonchev–Trinajstić information content (AvgIpc) is 3.97. The summed E-state index contributed by atoms with van der Waals surface area (Å²) >= 11 is 0. The van der Waals surface area contributed by atoms with E-state index < -0.39 is 85.7 Å². The van der Waals surface area contributed by atoms with E-state index in [9.17, 15) is 32.4 Å². The van der Waals surface area contributed by atoms with E-state index in [1.807, 2.05) is 26.0 Å². The number of hydrogen-bond donors (Lipinski definition) is 3. The Morgan fingerprint density at radius 1 is 1.04 bits per heavy atom. The third-order valence-corrected chi connectivity index (χ3v) is 13.1. The third kappa shape index (κ3) is 8.47. The molecule has 1 saturated heterocycles. The van der Waals surface area contributed by atoms with Crippen LogP contribution in [0.15, 0.2) is 30.4 Å². The van der Waals surface area contributed by atoms with Crippen LogP contribution in [-0.2, 0) is 33.9 Å². The second-order valence-electron chi connectivity index (χ2n) is 16.7. The van der Waals surface area contributed by atoms with Gasteiger partial charge in [0.05, 0.1) is 16.9 Å². The van der Waals surface area contributed by atoms with Gasteiger partial charge in [0.2, 0.25) is 21.8 Å². The van der Waals surface area contributed by atoms with E-state index in [1.54, 1.807) is 33.8 Å². The van der Waals surface area contributed by atoms with Crippen LogP contribution in [0.5, 0.6) is 11.5 Å². The Morgan fingerprint density at radius 3 is 2.43 bits per heavy atom. The van der Waals surface area contributed by atoms with Crippen molar-refractivity contribution in [3.63, 3.8) is 0 Å². The van der Waals surface area contributed by atoms with E-state index in [1.165, 1.54) is 17.0 Å². The van der Waals surface area contributed by atoms with Crippen LogP contribution in [-0.4, -0.2) is 96.9 Å². The first kappa shape index (κ1) is 39.4. The standard InChI is InChI=1S/C38H52N4O11S/c1-22-9-7-8-10-25-20-38(25,34(46)41-54(48,49)37(6)13-14-37)40-31(43)27-19-26(52-33(45)24-11-12-28-29(18-24)51-16-15-50-28)21-42(27)32(44)30(23(2)17-22)39-35(47)53-36(3,4)5/h8,10-12,18,22-23,25-27,30H,7,9,13-17,19-21H2,1-6H3,(H,39,47)(H,40,43)(H,41,46)/b10-8-/t22-,23+,25?,26+,27-,30-,38+/m0/s1. The highest BCUT2D eigenvalue weighted by molar-refractivity contribution is 7.91. The molecule has 16 heteroatoms. The van der Waals surface area contributed by atoms with E-state index in [-0.39, 0.29) is 30.9 Å². The number of ether oxygens (including phenoxy) is 4. The van der Waals surface area contributed by atoms with E-state index in [0.717, 1.165) is 6.42 Å². The number of alkyl carbamates (subject to hydrolysis) is 1. The molecule has 3 fully saturated rings. The van der Waals surface area contributed by atoms with Crippen LogP contribution in [0.2, 0.25) is 0 Å². The predicted octanol–water partition coefficient (Wildman–Crippen LogP) is 3.36. The SMILES string of the molecule is C[C@H]1CC/C=C\C2C[C@@]2(C(=O)NS(=O)(=O)C2(C)CC2)NC(=O)[C@@H]2C[C@@H](OC(=O)c3ccc4c(c3)OCCO4)CN2C(=O)[C@@H](NC(=O)OC(C)(C)C)[C@H](C)C1. The number of nitrogens with one attached hydrogen (secondary N) is 3. The molecule has 6 rings (SSSR count). The third-order valence-electron chi connectivity index (χ3n) is 11.0. The number of carbonyl (C=O) groups excluding carboxylic acids is 5. The Hall–Kier alpha value is -4.34. The van der Waals surface area contributed by atoms with E-state index >= 15 is 0 Å². The fourth-order valence-corrected chi connectivity index (χ4v) is 8.73. The molecule has 0 spiro atoms. The van der Waals surface area contributed by atoms with Gasteiger partial charge in [-0.05, 0) is 96.3 Å². The van der Waals surface area contributed by atoms with E-state index in [4.69, 9.17) is 18.9 Å². The molecule has 54 heavy (non-hydrogen) atoms. The maximum absolute atomic E-state index is 14.6. The van der Waals surface area contributed by atoms with Gasteiger partial charge in [-0.1, -0.05) is 26.0 Å². The largest absolute Gasteiger partial charge is 0.486 e. The summed E-state index contributed by atoms with van der Waals surface area (Å²) in [6.45, 7) is 11.1. The number of sulfonamides is 1. The lowest BCUT2D eigenvalue weighted by Crippen LogP contribution is -2.59. The minimum Gasteiger partial charge on any atom is -0.486 e. The van der Waals surface area contributed by atoms with Gasteiger partial charge in [0.15, 0.2) is 11.5 Å². The van der Waals surface area contributed by atoms with Gasteiger partial charge in [-0.3, -0.25) is 19.1 Å². The van der Waals surface area contributed by atoms with Crippen molar-refractivity contribution in [3.8, 4) is 11.5 Å². The number of hydrogen-bond acceptors (Lipinski definition) is 11. The molecular weight excluding hydrogens is 721 g/mol. The number of fused-ring (bicyclic) bond motifs is 3. The zero-order chi connectivity index (χ0) is 39.2. The van der Waals surface area contributed by atoms with Crippen LogP contribution in [0.1, 0.15) is 96.8 Å². The first-order valence-electron chi connectivity index (χ1n) is 18.8. The summed E-state index contributed by atoms with van der Waals surface area (Å²) in [6, 6.07) is 2.29. The number of esters is 1. The summed E-state index contributed by atoms with van der Waals surface area (Å²) in [6.07, 6.45) is 4.83. The number of amides is 4. The number of carbonyl (C=O) groups is 5. The maximum atomic E-state index is 14.6. The highest BCUT2D eigenvalue weighted by Gasteiger charge is 2.63. The summed E-state index contributed by atoms with van der Waals surface area (Å²) in [5.41, 5.74) is -2.24. The maximum Gasteiger partial charge on any atom is 0.408 e. The highest BCUT2D eigenvalue weighted by atomic mass is 32.2. The van der Waals surface area contributed by atoms with Crippen LogP contribution in [0.4, 0.5) is 4.79 Å². The smallest absolute Gasteiger partial charge is 0.408 e. The van der Waals surface area contributed by atoms with Crippen LogP contribution in [0, 0.1) is 17.8 Å². The molecule has 3 N–H and O–H groups in total. The molecule has 1 aromatic carbocycles. The van der Waals surface area contributed by atoms with E-state index in [2.05, 4.69) is 15.4 Å². The summed E-state index contributed by atoms with van der Waals surface area (Å²) in [7, 11) is -4.02. The Morgan fingerprint density at radius 2 is 1.74 bits per heavy atom. The zero-order valence-electron chi connectivity index (χ0n) is 31.8. The van der Waals surface area contributed by atoms with Gasteiger partial charge in [-0.2, -0.15) is 0 Å². The molecule has 1 unspecified atom stereocenters. The van der Waals surface area contributed by atoms with E-state index in [0.29, 0.717) is 50.4 Å². The van der Waals surface area contributed by atoms with Crippen LogP contribution in [0.3, 0.4) is 0 Å². The fourth-order valence-electron chi connectivity index (χ4n) is 7.42. The van der Waals surface area contributed by atoms with Crippen molar-refractivity contribution < 1.29 is 51.3 Å². The molecule has 296 valence electrons. The topological polar surface area (TPSA) is 196 Å². The normalized spacial score (nSPS) is 31.3. The molecule has 4 amide bonds. The van der Waals surface area contributed by atoms with Gasteiger partial charge in [0.25, 0.3) is 5.91 Å². The lowest BCUT2D eigenvalue weighted by Gasteiger charge is -2.33. The van der Waals surface area contributed by atoms with Crippen molar-refractivity contribution in [1.29, 1.82) is 0 Å². The minimum atomic E-state index is -4.02. The molecule has 2 aliphatic carbocycles. The summed E-state index contributed by atoms with van der Waals surface area (Å²) in [5.74, 6) is -2.73. The zero-order valence-corrected chi connectivity index (χ0v) is 32.6. The molecule has 15 nitrogen and oxygen atoms in total. The first-order chi connectivity index (χ1) is 25.3. The van der Waals surface area contributed by atoms with Crippen molar-refractivity contribution >= 4 is 39.8 Å². The first-order valence-corrected chi connectivity index (χ1v) is 20.3. The van der Waals surface area contributed by atoms with Gasteiger partial charge < -0.3 is 34.5 Å². The quantitative estimate of drug-likeness (QED) is 0.284. The molecule has 0 radical (unpaired) electrons. The Labute approximate surface area is 316 Å². The monoisotopic (exact) mass is 772 g/mol. The Balaban J connectivity index is 1.31. The molecule has 3 aliphatic heterocycles. The van der Waals surface area contributed by atoms with Crippen molar-refractivity contribution in [2.45, 2.75) is 121 Å². The van der Waals surface area contributed by atoms with Gasteiger partial charge >= 0.3 is 12.1 Å². The summed E-state index contributed by atoms with van der Waals surface area (Å²) in [5, 5.41) is 5.58. The molecular formula is C38H52N4O11S. The molecule has 0 bridgehead atoms. The Bertz CT molecular complexity index is 1820. The second-order valence-corrected chi connectivity index (χ2v) is 18.9. The minimum absolute atomic E-state index is 0.119. The summed E-state index contributed by atoms with van der Waals surface area (Å²) in [4.78, 5) is 70.7. The lowest BCUT2D eigenvalue weighted by atomic mass is 9.88. The molecule has 1 aromatic rings. The fraction of sp³-hybridized carbons (Fsp3) is 0.658. The number of nitrogens with zero attached hydrogens (tertiary/aromatic N) is 1.